The molecule has 0 bridgehead atoms. The van der Waals surface area contributed by atoms with Crippen LogP contribution in [0.3, 0.4) is 0 Å². The molecule has 1 fully saturated rings. The van der Waals surface area contributed by atoms with Crippen LogP contribution in [0.4, 0.5) is 0 Å². The van der Waals surface area contributed by atoms with Crippen molar-refractivity contribution in [2.24, 2.45) is 5.92 Å². The normalized spacial score (nSPS) is 15.1. The first kappa shape index (κ1) is 16.0. The number of thiocarbonyl (C=S) groups is 1. The van der Waals surface area contributed by atoms with E-state index in [1.165, 1.54) is 0 Å². The highest BCUT2D eigenvalue weighted by atomic mass is 32.1. The third-order valence-electron chi connectivity index (χ3n) is 3.28. The fourth-order valence-corrected chi connectivity index (χ4v) is 2.43. The smallest absolute Gasteiger partial charge is 0.161 e. The summed E-state index contributed by atoms with van der Waals surface area (Å²) in [7, 11) is 1.65. The Morgan fingerprint density at radius 3 is 2.62 bits per heavy atom. The Balaban J connectivity index is 2.11. The monoisotopic (exact) mass is 309 g/mol. The lowest BCUT2D eigenvalue weighted by Gasteiger charge is -2.29. The van der Waals surface area contributed by atoms with Gasteiger partial charge in [-0.3, -0.25) is 0 Å². The third kappa shape index (κ3) is 4.32. The lowest BCUT2D eigenvalue weighted by molar-refractivity contribution is 0.0693. The fraction of sp³-hybridized carbons (Fsp3) is 0.562. The van der Waals surface area contributed by atoms with Crippen LogP contribution >= 0.6 is 12.2 Å². The van der Waals surface area contributed by atoms with Gasteiger partial charge in [-0.15, -0.1) is 0 Å². The molecule has 0 atom stereocenters. The zero-order valence-corrected chi connectivity index (χ0v) is 13.7. The van der Waals surface area contributed by atoms with E-state index in [9.17, 15) is 0 Å². The SMILES string of the molecule is COc1cc(C(=S)N2CCOCC2)ccc1OCC(C)C. The Labute approximate surface area is 132 Å². The van der Waals surface area contributed by atoms with Gasteiger partial charge >= 0.3 is 0 Å². The molecule has 2 rings (SSSR count). The van der Waals surface area contributed by atoms with Crippen molar-refractivity contribution in [2.75, 3.05) is 40.0 Å². The van der Waals surface area contributed by atoms with Crippen molar-refractivity contribution in [1.29, 1.82) is 0 Å². The van der Waals surface area contributed by atoms with E-state index in [2.05, 4.69) is 18.7 Å². The number of methoxy groups -OCH3 is 1. The molecular weight excluding hydrogens is 286 g/mol. The van der Waals surface area contributed by atoms with Crippen molar-refractivity contribution < 1.29 is 14.2 Å². The second-order valence-electron chi connectivity index (χ2n) is 5.48. The minimum atomic E-state index is 0.476. The van der Waals surface area contributed by atoms with E-state index in [1.807, 2.05) is 18.2 Å². The highest BCUT2D eigenvalue weighted by Gasteiger charge is 2.17. The van der Waals surface area contributed by atoms with Crippen molar-refractivity contribution in [3.05, 3.63) is 23.8 Å². The van der Waals surface area contributed by atoms with E-state index in [0.29, 0.717) is 12.5 Å². The summed E-state index contributed by atoms with van der Waals surface area (Å²) in [6.45, 7) is 8.05. The Morgan fingerprint density at radius 1 is 1.29 bits per heavy atom. The van der Waals surface area contributed by atoms with E-state index >= 15 is 0 Å². The van der Waals surface area contributed by atoms with Crippen LogP contribution in [0.25, 0.3) is 0 Å². The molecule has 0 saturated carbocycles. The van der Waals surface area contributed by atoms with Crippen LogP contribution in [-0.2, 0) is 4.74 Å². The Bertz CT molecular complexity index is 484. The minimum absolute atomic E-state index is 0.476. The van der Waals surface area contributed by atoms with Gasteiger partial charge in [0.2, 0.25) is 0 Å². The number of morpholine rings is 1. The standard InChI is InChI=1S/C16H23NO3S/c1-12(2)11-20-14-5-4-13(10-15(14)18-3)16(21)17-6-8-19-9-7-17/h4-5,10,12H,6-9,11H2,1-3H3. The molecule has 0 radical (unpaired) electrons. The van der Waals surface area contributed by atoms with Gasteiger partial charge in [0, 0.05) is 18.7 Å². The average Bonchev–Trinajstić information content (AvgIpc) is 2.52. The summed E-state index contributed by atoms with van der Waals surface area (Å²) in [5.74, 6) is 1.97. The first-order valence-electron chi connectivity index (χ1n) is 7.29. The van der Waals surface area contributed by atoms with Gasteiger partial charge in [-0.1, -0.05) is 26.1 Å². The second kappa shape index (κ2) is 7.61. The van der Waals surface area contributed by atoms with Gasteiger partial charge in [0.1, 0.15) is 4.99 Å². The summed E-state index contributed by atoms with van der Waals surface area (Å²) in [4.78, 5) is 3.01. The predicted octanol–water partition coefficient (Wildman–Crippen LogP) is 2.74. The van der Waals surface area contributed by atoms with Gasteiger partial charge in [0.25, 0.3) is 0 Å². The van der Waals surface area contributed by atoms with Crippen molar-refractivity contribution in [3.8, 4) is 11.5 Å². The first-order valence-corrected chi connectivity index (χ1v) is 7.70. The Morgan fingerprint density at radius 2 is 2.00 bits per heavy atom. The van der Waals surface area contributed by atoms with Gasteiger partial charge in [0.05, 0.1) is 26.9 Å². The molecule has 1 heterocycles. The lowest BCUT2D eigenvalue weighted by Crippen LogP contribution is -2.40. The minimum Gasteiger partial charge on any atom is -0.493 e. The van der Waals surface area contributed by atoms with Crippen molar-refractivity contribution >= 4 is 17.2 Å². The molecule has 0 aromatic heterocycles. The molecule has 116 valence electrons. The molecule has 4 nitrogen and oxygen atoms in total. The molecule has 0 aliphatic carbocycles. The second-order valence-corrected chi connectivity index (χ2v) is 5.86. The Hall–Kier alpha value is -1.33. The van der Waals surface area contributed by atoms with Crippen LogP contribution < -0.4 is 9.47 Å². The molecule has 5 heteroatoms. The molecule has 1 aromatic rings. The fourth-order valence-electron chi connectivity index (χ4n) is 2.13. The molecular formula is C16H23NO3S. The van der Waals surface area contributed by atoms with Crippen LogP contribution in [0.1, 0.15) is 19.4 Å². The largest absolute Gasteiger partial charge is 0.493 e. The van der Waals surface area contributed by atoms with Crippen LogP contribution in [0.5, 0.6) is 11.5 Å². The number of hydrogen-bond donors (Lipinski definition) is 0. The van der Waals surface area contributed by atoms with Gasteiger partial charge < -0.3 is 19.1 Å². The van der Waals surface area contributed by atoms with Crippen LogP contribution in [0, 0.1) is 5.92 Å². The van der Waals surface area contributed by atoms with Crippen LogP contribution in [0.15, 0.2) is 18.2 Å². The molecule has 21 heavy (non-hydrogen) atoms. The topological polar surface area (TPSA) is 30.9 Å². The predicted molar refractivity (Wildman–Crippen MR) is 87.4 cm³/mol. The molecule has 0 N–H and O–H groups in total. The molecule has 0 amide bonds. The number of rotatable bonds is 5. The lowest BCUT2D eigenvalue weighted by atomic mass is 10.1. The molecule has 0 unspecified atom stereocenters. The maximum absolute atomic E-state index is 5.77. The van der Waals surface area contributed by atoms with Gasteiger partial charge in [-0.2, -0.15) is 0 Å². The number of nitrogens with zero attached hydrogens (tertiary/aromatic N) is 1. The van der Waals surface area contributed by atoms with Crippen LogP contribution in [0.2, 0.25) is 0 Å². The molecule has 1 aliphatic heterocycles. The van der Waals surface area contributed by atoms with Gasteiger partial charge in [0.15, 0.2) is 11.5 Å². The summed E-state index contributed by atoms with van der Waals surface area (Å²) in [5, 5.41) is 0. The summed E-state index contributed by atoms with van der Waals surface area (Å²) in [6, 6.07) is 5.88. The van der Waals surface area contributed by atoms with E-state index in [1.54, 1.807) is 7.11 Å². The van der Waals surface area contributed by atoms with Crippen LogP contribution in [-0.4, -0.2) is 49.9 Å². The number of hydrogen-bond acceptors (Lipinski definition) is 4. The molecule has 1 aromatic carbocycles. The van der Waals surface area contributed by atoms with Crippen molar-refractivity contribution in [1.82, 2.24) is 4.90 Å². The van der Waals surface area contributed by atoms with E-state index in [-0.39, 0.29) is 0 Å². The molecule has 0 spiro atoms. The summed E-state index contributed by atoms with van der Waals surface area (Å²) >= 11 is 5.57. The molecule has 1 saturated heterocycles. The third-order valence-corrected chi connectivity index (χ3v) is 3.77. The zero-order chi connectivity index (χ0) is 15.2. The van der Waals surface area contributed by atoms with E-state index < -0.39 is 0 Å². The number of benzene rings is 1. The maximum Gasteiger partial charge on any atom is 0.161 e. The molecule has 1 aliphatic rings. The van der Waals surface area contributed by atoms with Crippen molar-refractivity contribution in [3.63, 3.8) is 0 Å². The maximum atomic E-state index is 5.77. The summed E-state index contributed by atoms with van der Waals surface area (Å²) < 4.78 is 16.6. The van der Waals surface area contributed by atoms with Gasteiger partial charge in [-0.05, 0) is 24.1 Å². The highest BCUT2D eigenvalue weighted by molar-refractivity contribution is 7.80. The number of ether oxygens (including phenoxy) is 3. The van der Waals surface area contributed by atoms with E-state index in [0.717, 1.165) is 48.4 Å². The van der Waals surface area contributed by atoms with Crippen molar-refractivity contribution in [2.45, 2.75) is 13.8 Å². The van der Waals surface area contributed by atoms with E-state index in [4.69, 9.17) is 26.4 Å². The quantitative estimate of drug-likeness (QED) is 0.781. The highest BCUT2D eigenvalue weighted by Crippen LogP contribution is 2.29. The zero-order valence-electron chi connectivity index (χ0n) is 12.9. The summed E-state index contributed by atoms with van der Waals surface area (Å²) in [5.41, 5.74) is 0.987. The first-order chi connectivity index (χ1) is 10.1. The average molecular weight is 309 g/mol. The summed E-state index contributed by atoms with van der Waals surface area (Å²) in [6.07, 6.45) is 0. The van der Waals surface area contributed by atoms with Gasteiger partial charge in [-0.25, -0.2) is 0 Å². The Kier molecular flexibility index (Phi) is 5.82.